The van der Waals surface area contributed by atoms with Gasteiger partial charge in [-0.05, 0) is 25.8 Å². The van der Waals surface area contributed by atoms with Gasteiger partial charge in [-0.2, -0.15) is 0 Å². The Hall–Kier alpha value is -0.260. The highest BCUT2D eigenvalue weighted by atomic mass is 32.2. The second-order valence-electron chi connectivity index (χ2n) is 5.24. The van der Waals surface area contributed by atoms with E-state index in [0.29, 0.717) is 11.9 Å². The number of rotatable bonds is 1. The summed E-state index contributed by atoms with van der Waals surface area (Å²) < 4.78 is 0. The summed E-state index contributed by atoms with van der Waals surface area (Å²) in [6, 6.07) is 0.712. The van der Waals surface area contributed by atoms with Crippen molar-refractivity contribution in [3.8, 4) is 0 Å². The van der Waals surface area contributed by atoms with Gasteiger partial charge in [-0.15, -0.1) is 11.8 Å². The summed E-state index contributed by atoms with van der Waals surface area (Å²) in [6.07, 6.45) is 3.73. The van der Waals surface area contributed by atoms with Crippen molar-refractivity contribution in [1.29, 1.82) is 0 Å². The van der Waals surface area contributed by atoms with E-state index in [9.17, 15) is 4.79 Å². The largest absolute Gasteiger partial charge is 0.340 e. The lowest BCUT2D eigenvalue weighted by molar-refractivity contribution is -0.132. The molecule has 3 aliphatic heterocycles. The fourth-order valence-corrected chi connectivity index (χ4v) is 4.11. The van der Waals surface area contributed by atoms with Crippen LogP contribution in [0, 0.1) is 0 Å². The molecule has 2 unspecified atom stereocenters. The average Bonchev–Trinajstić information content (AvgIpc) is 2.96. The Morgan fingerprint density at radius 1 is 1.24 bits per heavy atom. The standard InChI is InChI=1S/C12H21N3OS/c16-12(11-8-17-9-13-11)15-6-2-5-14-4-1-3-10(14)7-15/h10-11,13H,1-9H2. The Morgan fingerprint density at radius 2 is 2.12 bits per heavy atom. The van der Waals surface area contributed by atoms with Crippen molar-refractivity contribution in [3.63, 3.8) is 0 Å². The molecular formula is C12H21N3OS. The van der Waals surface area contributed by atoms with Crippen molar-refractivity contribution in [1.82, 2.24) is 15.1 Å². The van der Waals surface area contributed by atoms with Crippen molar-refractivity contribution in [3.05, 3.63) is 0 Å². The molecule has 3 aliphatic rings. The van der Waals surface area contributed by atoms with Crippen LogP contribution in [0.1, 0.15) is 19.3 Å². The highest BCUT2D eigenvalue weighted by molar-refractivity contribution is 7.99. The molecule has 3 heterocycles. The number of nitrogens with zero attached hydrogens (tertiary/aromatic N) is 2. The van der Waals surface area contributed by atoms with Gasteiger partial charge in [0.05, 0.1) is 6.04 Å². The summed E-state index contributed by atoms with van der Waals surface area (Å²) in [5.41, 5.74) is 0. The Bertz CT molecular complexity index is 293. The van der Waals surface area contributed by atoms with Crippen LogP contribution in [0.4, 0.5) is 0 Å². The zero-order chi connectivity index (χ0) is 11.7. The van der Waals surface area contributed by atoms with E-state index in [4.69, 9.17) is 0 Å². The van der Waals surface area contributed by atoms with Crippen LogP contribution in [0.5, 0.6) is 0 Å². The van der Waals surface area contributed by atoms with Gasteiger partial charge in [0.25, 0.3) is 0 Å². The van der Waals surface area contributed by atoms with Crippen molar-refractivity contribution >= 4 is 17.7 Å². The second-order valence-corrected chi connectivity index (χ2v) is 6.27. The molecule has 96 valence electrons. The van der Waals surface area contributed by atoms with Crippen LogP contribution in [0.25, 0.3) is 0 Å². The lowest BCUT2D eigenvalue weighted by atomic mass is 10.2. The van der Waals surface area contributed by atoms with E-state index in [0.717, 1.165) is 31.1 Å². The predicted molar refractivity (Wildman–Crippen MR) is 70.0 cm³/mol. The normalized spacial score (nSPS) is 34.7. The first-order chi connectivity index (χ1) is 8.34. The number of carbonyl (C=O) groups is 1. The molecular weight excluding hydrogens is 234 g/mol. The van der Waals surface area contributed by atoms with Gasteiger partial charge in [0.1, 0.15) is 0 Å². The van der Waals surface area contributed by atoms with E-state index in [2.05, 4.69) is 15.1 Å². The summed E-state index contributed by atoms with van der Waals surface area (Å²) in [6.45, 7) is 4.34. The number of amides is 1. The molecule has 3 fully saturated rings. The van der Waals surface area contributed by atoms with Gasteiger partial charge in [0.15, 0.2) is 0 Å². The van der Waals surface area contributed by atoms with Gasteiger partial charge in [-0.25, -0.2) is 0 Å². The monoisotopic (exact) mass is 255 g/mol. The molecule has 0 aromatic heterocycles. The van der Waals surface area contributed by atoms with E-state index >= 15 is 0 Å². The third kappa shape index (κ3) is 2.46. The highest BCUT2D eigenvalue weighted by Gasteiger charge is 2.33. The van der Waals surface area contributed by atoms with E-state index in [-0.39, 0.29) is 6.04 Å². The third-order valence-corrected chi connectivity index (χ3v) is 5.07. The summed E-state index contributed by atoms with van der Waals surface area (Å²) in [4.78, 5) is 17.1. The molecule has 0 aromatic carbocycles. The number of fused-ring (bicyclic) bond motifs is 1. The first-order valence-corrected chi connectivity index (χ1v) is 7.84. The van der Waals surface area contributed by atoms with E-state index in [1.54, 1.807) is 0 Å². The van der Waals surface area contributed by atoms with Crippen LogP contribution in [0.15, 0.2) is 0 Å². The van der Waals surface area contributed by atoms with Crippen molar-refractivity contribution < 1.29 is 4.79 Å². The van der Waals surface area contributed by atoms with E-state index in [1.807, 2.05) is 11.8 Å². The van der Waals surface area contributed by atoms with Gasteiger partial charge >= 0.3 is 0 Å². The first kappa shape index (κ1) is 11.8. The zero-order valence-corrected chi connectivity index (χ0v) is 11.0. The first-order valence-electron chi connectivity index (χ1n) is 6.68. The summed E-state index contributed by atoms with van der Waals surface area (Å²) in [7, 11) is 0. The molecule has 0 aromatic rings. The highest BCUT2D eigenvalue weighted by Crippen LogP contribution is 2.22. The lowest BCUT2D eigenvalue weighted by Crippen LogP contribution is -2.47. The van der Waals surface area contributed by atoms with Gasteiger partial charge in [0, 0.05) is 37.3 Å². The molecule has 1 amide bonds. The Morgan fingerprint density at radius 3 is 2.94 bits per heavy atom. The molecule has 0 aliphatic carbocycles. The third-order valence-electron chi connectivity index (χ3n) is 4.13. The molecule has 1 N–H and O–H groups in total. The summed E-state index contributed by atoms with van der Waals surface area (Å²) in [5.74, 6) is 2.22. The SMILES string of the molecule is O=C(C1CSCN1)N1CCCN2CCCC2C1. The molecule has 0 radical (unpaired) electrons. The quantitative estimate of drug-likeness (QED) is 0.733. The minimum atomic E-state index is 0.0768. The van der Waals surface area contributed by atoms with E-state index < -0.39 is 0 Å². The molecule has 0 saturated carbocycles. The zero-order valence-electron chi connectivity index (χ0n) is 10.2. The topological polar surface area (TPSA) is 35.6 Å². The second kappa shape index (κ2) is 5.16. The maximum atomic E-state index is 12.4. The molecule has 0 bridgehead atoms. The Labute approximate surface area is 107 Å². The molecule has 3 rings (SSSR count). The smallest absolute Gasteiger partial charge is 0.240 e. The minimum absolute atomic E-state index is 0.0768. The summed E-state index contributed by atoms with van der Waals surface area (Å²) >= 11 is 1.83. The Balaban J connectivity index is 1.63. The number of carbonyl (C=O) groups excluding carboxylic acids is 1. The molecule has 0 spiro atoms. The van der Waals surface area contributed by atoms with Gasteiger partial charge in [-0.1, -0.05) is 0 Å². The number of hydrogen-bond donors (Lipinski definition) is 1. The van der Waals surface area contributed by atoms with Crippen LogP contribution in [-0.4, -0.2) is 65.6 Å². The van der Waals surface area contributed by atoms with Crippen LogP contribution in [0.2, 0.25) is 0 Å². The van der Waals surface area contributed by atoms with Crippen LogP contribution >= 0.6 is 11.8 Å². The minimum Gasteiger partial charge on any atom is -0.340 e. The predicted octanol–water partition coefficient (Wildman–Crippen LogP) is 0.346. The average molecular weight is 255 g/mol. The maximum Gasteiger partial charge on any atom is 0.240 e. The van der Waals surface area contributed by atoms with Gasteiger partial charge in [-0.3, -0.25) is 15.0 Å². The Kier molecular flexibility index (Phi) is 3.59. The van der Waals surface area contributed by atoms with Crippen molar-refractivity contribution in [2.75, 3.05) is 37.8 Å². The van der Waals surface area contributed by atoms with Gasteiger partial charge in [0.2, 0.25) is 5.91 Å². The fraction of sp³-hybridized carbons (Fsp3) is 0.917. The number of hydrogen-bond acceptors (Lipinski definition) is 4. The lowest BCUT2D eigenvalue weighted by Gasteiger charge is -2.27. The van der Waals surface area contributed by atoms with Crippen LogP contribution in [0.3, 0.4) is 0 Å². The molecule has 2 atom stereocenters. The molecule has 4 nitrogen and oxygen atoms in total. The van der Waals surface area contributed by atoms with E-state index in [1.165, 1.54) is 25.9 Å². The summed E-state index contributed by atoms with van der Waals surface area (Å²) in [5, 5.41) is 3.29. The van der Waals surface area contributed by atoms with Gasteiger partial charge < -0.3 is 4.90 Å². The van der Waals surface area contributed by atoms with Crippen LogP contribution in [-0.2, 0) is 4.79 Å². The molecule has 3 saturated heterocycles. The molecule has 5 heteroatoms. The van der Waals surface area contributed by atoms with Crippen molar-refractivity contribution in [2.24, 2.45) is 0 Å². The van der Waals surface area contributed by atoms with Crippen LogP contribution < -0.4 is 5.32 Å². The maximum absolute atomic E-state index is 12.4. The molecule has 17 heavy (non-hydrogen) atoms. The number of nitrogens with one attached hydrogen (secondary N) is 1. The number of thioether (sulfide) groups is 1. The van der Waals surface area contributed by atoms with Crippen molar-refractivity contribution in [2.45, 2.75) is 31.3 Å². The fourth-order valence-electron chi connectivity index (χ4n) is 3.18.